The average molecular weight is 391 g/mol. The maximum absolute atomic E-state index is 5.90. The Hall–Kier alpha value is -1.06. The van der Waals surface area contributed by atoms with E-state index in [2.05, 4.69) is 61.8 Å². The van der Waals surface area contributed by atoms with E-state index in [1.54, 1.807) is 0 Å². The molecule has 1 rings (SSSR count). The lowest BCUT2D eigenvalue weighted by Gasteiger charge is -2.18. The molecular formula is C25H46N2O. The predicted octanol–water partition coefficient (Wildman–Crippen LogP) is 6.37. The molecule has 3 heteroatoms. The highest BCUT2D eigenvalue weighted by Crippen LogP contribution is 2.15. The van der Waals surface area contributed by atoms with Gasteiger partial charge >= 0.3 is 0 Å². The van der Waals surface area contributed by atoms with Gasteiger partial charge in [0.05, 0.1) is 6.61 Å². The zero-order valence-corrected chi connectivity index (χ0v) is 19.2. The topological polar surface area (TPSA) is 15.7 Å². The minimum absolute atomic E-state index is 0.846. The lowest BCUT2D eigenvalue weighted by molar-refractivity contribution is 0.293. The van der Waals surface area contributed by atoms with Crippen LogP contribution in [-0.2, 0) is 6.54 Å². The first-order valence-corrected chi connectivity index (χ1v) is 11.9. The Morgan fingerprint density at radius 2 is 1.11 bits per heavy atom. The maximum atomic E-state index is 5.90. The van der Waals surface area contributed by atoms with Gasteiger partial charge in [-0.15, -0.1) is 0 Å². The Morgan fingerprint density at radius 3 is 1.64 bits per heavy atom. The molecule has 0 heterocycles. The van der Waals surface area contributed by atoms with Crippen molar-refractivity contribution in [3.05, 3.63) is 29.8 Å². The molecule has 0 amide bonds. The van der Waals surface area contributed by atoms with Crippen LogP contribution in [0.1, 0.15) is 84.6 Å². The van der Waals surface area contributed by atoms with E-state index in [0.29, 0.717) is 0 Å². The van der Waals surface area contributed by atoms with E-state index in [9.17, 15) is 0 Å². The van der Waals surface area contributed by atoms with E-state index < -0.39 is 0 Å². The summed E-state index contributed by atoms with van der Waals surface area (Å²) >= 11 is 0. The first-order chi connectivity index (χ1) is 13.7. The van der Waals surface area contributed by atoms with Gasteiger partial charge < -0.3 is 9.64 Å². The molecule has 0 aromatic heterocycles. The quantitative estimate of drug-likeness (QED) is 0.271. The Bertz CT molecular complexity index is 452. The average Bonchev–Trinajstić information content (AvgIpc) is 2.74. The molecule has 0 atom stereocenters. The van der Waals surface area contributed by atoms with E-state index in [-0.39, 0.29) is 0 Å². The third-order valence-corrected chi connectivity index (χ3v) is 5.76. The van der Waals surface area contributed by atoms with Crippen molar-refractivity contribution in [2.75, 3.05) is 39.3 Å². The van der Waals surface area contributed by atoms with Crippen molar-refractivity contribution >= 4 is 0 Å². The van der Waals surface area contributed by atoms with E-state index in [4.69, 9.17) is 4.74 Å². The Morgan fingerprint density at radius 1 is 0.607 bits per heavy atom. The standard InChI is InChI=1S/C25H46N2O/c1-5-26(6-2)21-15-13-11-9-10-12-14-16-22-28-25-19-17-24(18-20-25)23-27(7-3)8-4/h17-20H,5-16,21-23H2,1-4H3. The molecule has 0 unspecified atom stereocenters. The monoisotopic (exact) mass is 390 g/mol. The van der Waals surface area contributed by atoms with Crippen molar-refractivity contribution < 1.29 is 4.74 Å². The van der Waals surface area contributed by atoms with Crippen LogP contribution in [0.5, 0.6) is 5.75 Å². The Kier molecular flexibility index (Phi) is 15.0. The molecular weight excluding hydrogens is 344 g/mol. The SMILES string of the molecule is CCN(CC)CCCCCCCCCCOc1ccc(CN(CC)CC)cc1. The molecule has 1 aromatic carbocycles. The molecule has 3 nitrogen and oxygen atoms in total. The molecule has 1 aromatic rings. The molecule has 162 valence electrons. The van der Waals surface area contributed by atoms with Gasteiger partial charge in [-0.05, 0) is 63.3 Å². The lowest BCUT2D eigenvalue weighted by Crippen LogP contribution is -2.23. The van der Waals surface area contributed by atoms with Gasteiger partial charge in [-0.1, -0.05) is 78.4 Å². The third-order valence-electron chi connectivity index (χ3n) is 5.76. The molecule has 0 aliphatic carbocycles. The molecule has 0 bridgehead atoms. The number of hydrogen-bond acceptors (Lipinski definition) is 3. The second-order valence-corrected chi connectivity index (χ2v) is 7.81. The summed E-state index contributed by atoms with van der Waals surface area (Å²) < 4.78 is 5.90. The van der Waals surface area contributed by atoms with Crippen LogP contribution < -0.4 is 4.74 Å². The zero-order chi connectivity index (χ0) is 20.5. The highest BCUT2D eigenvalue weighted by molar-refractivity contribution is 5.27. The van der Waals surface area contributed by atoms with Crippen molar-refractivity contribution in [2.24, 2.45) is 0 Å². The smallest absolute Gasteiger partial charge is 0.119 e. The highest BCUT2D eigenvalue weighted by atomic mass is 16.5. The van der Waals surface area contributed by atoms with Crippen LogP contribution in [0, 0.1) is 0 Å². The predicted molar refractivity (Wildman–Crippen MR) is 123 cm³/mol. The van der Waals surface area contributed by atoms with Crippen LogP contribution >= 0.6 is 0 Å². The number of hydrogen-bond donors (Lipinski definition) is 0. The fourth-order valence-corrected chi connectivity index (χ4v) is 3.62. The summed E-state index contributed by atoms with van der Waals surface area (Å²) in [6.45, 7) is 16.7. The van der Waals surface area contributed by atoms with Crippen LogP contribution in [-0.4, -0.2) is 49.1 Å². The zero-order valence-electron chi connectivity index (χ0n) is 19.2. The molecule has 0 spiro atoms. The summed E-state index contributed by atoms with van der Waals surface area (Å²) in [5.74, 6) is 1.01. The van der Waals surface area contributed by atoms with Crippen molar-refractivity contribution in [3.63, 3.8) is 0 Å². The number of nitrogens with zero attached hydrogens (tertiary/aromatic N) is 2. The van der Waals surface area contributed by atoms with Crippen LogP contribution in [0.15, 0.2) is 24.3 Å². The van der Waals surface area contributed by atoms with Gasteiger partial charge in [0.25, 0.3) is 0 Å². The molecule has 0 fully saturated rings. The first kappa shape index (κ1) is 25.0. The Balaban J connectivity index is 1.97. The minimum atomic E-state index is 0.846. The maximum Gasteiger partial charge on any atom is 0.119 e. The van der Waals surface area contributed by atoms with Gasteiger partial charge in [-0.2, -0.15) is 0 Å². The third kappa shape index (κ3) is 11.7. The van der Waals surface area contributed by atoms with Crippen LogP contribution in [0.3, 0.4) is 0 Å². The Labute approximate surface area is 175 Å². The fourth-order valence-electron chi connectivity index (χ4n) is 3.62. The largest absolute Gasteiger partial charge is 0.494 e. The molecule has 28 heavy (non-hydrogen) atoms. The van der Waals surface area contributed by atoms with E-state index in [1.165, 1.54) is 76.6 Å². The summed E-state index contributed by atoms with van der Waals surface area (Å²) in [4.78, 5) is 4.96. The van der Waals surface area contributed by atoms with Crippen LogP contribution in [0.25, 0.3) is 0 Å². The fraction of sp³-hybridized carbons (Fsp3) is 0.760. The van der Waals surface area contributed by atoms with Crippen molar-refractivity contribution in [3.8, 4) is 5.75 Å². The van der Waals surface area contributed by atoms with Crippen LogP contribution in [0.2, 0.25) is 0 Å². The van der Waals surface area contributed by atoms with Gasteiger partial charge in [0, 0.05) is 6.54 Å². The molecule has 0 saturated carbocycles. The second kappa shape index (κ2) is 16.9. The molecule has 0 N–H and O–H groups in total. The van der Waals surface area contributed by atoms with Crippen molar-refractivity contribution in [1.29, 1.82) is 0 Å². The van der Waals surface area contributed by atoms with Crippen LogP contribution in [0.4, 0.5) is 0 Å². The van der Waals surface area contributed by atoms with Crippen molar-refractivity contribution in [1.82, 2.24) is 9.80 Å². The lowest BCUT2D eigenvalue weighted by atomic mass is 10.1. The molecule has 0 radical (unpaired) electrons. The number of benzene rings is 1. The highest BCUT2D eigenvalue weighted by Gasteiger charge is 2.02. The second-order valence-electron chi connectivity index (χ2n) is 7.81. The van der Waals surface area contributed by atoms with E-state index >= 15 is 0 Å². The summed E-state index contributed by atoms with van der Waals surface area (Å²) in [6.07, 6.45) is 10.7. The normalized spacial score (nSPS) is 11.5. The number of unbranched alkanes of at least 4 members (excludes halogenated alkanes) is 7. The van der Waals surface area contributed by atoms with E-state index in [0.717, 1.165) is 32.0 Å². The summed E-state index contributed by atoms with van der Waals surface area (Å²) in [7, 11) is 0. The molecule has 0 aliphatic rings. The first-order valence-electron chi connectivity index (χ1n) is 11.9. The van der Waals surface area contributed by atoms with Gasteiger partial charge in [-0.3, -0.25) is 4.90 Å². The summed E-state index contributed by atoms with van der Waals surface area (Å²) in [5.41, 5.74) is 1.37. The van der Waals surface area contributed by atoms with Gasteiger partial charge in [0.2, 0.25) is 0 Å². The summed E-state index contributed by atoms with van der Waals surface area (Å²) in [6, 6.07) is 8.65. The van der Waals surface area contributed by atoms with E-state index in [1.807, 2.05) is 0 Å². The van der Waals surface area contributed by atoms with Crippen molar-refractivity contribution in [2.45, 2.75) is 85.6 Å². The van der Waals surface area contributed by atoms with Gasteiger partial charge in [0.15, 0.2) is 0 Å². The number of ether oxygens (including phenoxy) is 1. The molecule has 0 saturated heterocycles. The number of rotatable bonds is 18. The van der Waals surface area contributed by atoms with Gasteiger partial charge in [-0.25, -0.2) is 0 Å². The molecule has 0 aliphatic heterocycles. The minimum Gasteiger partial charge on any atom is -0.494 e. The summed E-state index contributed by atoms with van der Waals surface area (Å²) in [5, 5.41) is 0. The van der Waals surface area contributed by atoms with Gasteiger partial charge in [0.1, 0.15) is 5.75 Å².